The van der Waals surface area contributed by atoms with Crippen LogP contribution < -0.4 is 11.1 Å². The molecule has 0 amide bonds. The Kier molecular flexibility index (Phi) is 3.75. The number of nitrogens with one attached hydrogen (secondary N) is 1. The van der Waals surface area contributed by atoms with E-state index in [-0.39, 0.29) is 0 Å². The lowest BCUT2D eigenvalue weighted by atomic mass is 10.1. The number of halogens is 1. The van der Waals surface area contributed by atoms with Gasteiger partial charge in [-0.25, -0.2) is 9.97 Å². The fourth-order valence-electron chi connectivity index (χ4n) is 2.18. The first-order chi connectivity index (χ1) is 10.1. The summed E-state index contributed by atoms with van der Waals surface area (Å²) in [5, 5.41) is 5.64. The Morgan fingerprint density at radius 3 is 2.62 bits per heavy atom. The molecule has 0 aliphatic rings. The van der Waals surface area contributed by atoms with E-state index in [2.05, 4.69) is 55.5 Å². The fourth-order valence-corrected chi connectivity index (χ4v) is 2.56. The van der Waals surface area contributed by atoms with Gasteiger partial charge in [-0.05, 0) is 35.0 Å². The Morgan fingerprint density at radius 2 is 1.81 bits per heavy atom. The van der Waals surface area contributed by atoms with Gasteiger partial charge in [0, 0.05) is 22.6 Å². The maximum atomic E-state index is 5.80. The maximum Gasteiger partial charge on any atom is 0.136 e. The fraction of sp³-hybridized carbons (Fsp3) is 0.125. The molecule has 21 heavy (non-hydrogen) atoms. The monoisotopic (exact) mass is 342 g/mol. The molecule has 4 nitrogen and oxygen atoms in total. The van der Waals surface area contributed by atoms with Crippen LogP contribution in [-0.4, -0.2) is 9.97 Å². The lowest BCUT2D eigenvalue weighted by Crippen LogP contribution is -2.02. The van der Waals surface area contributed by atoms with Gasteiger partial charge in [-0.2, -0.15) is 0 Å². The summed E-state index contributed by atoms with van der Waals surface area (Å²) in [4.78, 5) is 8.61. The average Bonchev–Trinajstić information content (AvgIpc) is 2.47. The van der Waals surface area contributed by atoms with E-state index in [1.165, 1.54) is 10.8 Å². The van der Waals surface area contributed by atoms with Crippen molar-refractivity contribution in [3.05, 3.63) is 52.8 Å². The first kappa shape index (κ1) is 13.8. The van der Waals surface area contributed by atoms with Gasteiger partial charge in [0.1, 0.15) is 17.5 Å². The van der Waals surface area contributed by atoms with Gasteiger partial charge < -0.3 is 11.1 Å². The molecule has 0 fully saturated rings. The van der Waals surface area contributed by atoms with Gasteiger partial charge in [0.05, 0.1) is 0 Å². The summed E-state index contributed by atoms with van der Waals surface area (Å²) >= 11 is 3.48. The minimum atomic E-state index is 0.481. The second-order valence-corrected chi connectivity index (χ2v) is 5.69. The lowest BCUT2D eigenvalue weighted by Gasteiger charge is -2.09. The Morgan fingerprint density at radius 1 is 1.05 bits per heavy atom. The summed E-state index contributed by atoms with van der Waals surface area (Å²) in [6.07, 6.45) is 0.755. The number of nitrogen functional groups attached to an aromatic ring is 1. The molecule has 0 aliphatic carbocycles. The Balaban J connectivity index is 1.94. The van der Waals surface area contributed by atoms with Crippen LogP contribution in [0.1, 0.15) is 12.7 Å². The van der Waals surface area contributed by atoms with Crippen LogP contribution in [0.25, 0.3) is 10.8 Å². The highest BCUT2D eigenvalue weighted by Crippen LogP contribution is 2.24. The second-order valence-electron chi connectivity index (χ2n) is 4.78. The van der Waals surface area contributed by atoms with Crippen LogP contribution >= 0.6 is 15.9 Å². The molecule has 3 N–H and O–H groups in total. The average molecular weight is 343 g/mol. The molecule has 5 heteroatoms. The van der Waals surface area contributed by atoms with Gasteiger partial charge in [0.2, 0.25) is 0 Å². The lowest BCUT2D eigenvalue weighted by molar-refractivity contribution is 0.948. The van der Waals surface area contributed by atoms with Crippen LogP contribution in [0.2, 0.25) is 0 Å². The van der Waals surface area contributed by atoms with Gasteiger partial charge in [-0.15, -0.1) is 0 Å². The highest BCUT2D eigenvalue weighted by molar-refractivity contribution is 9.10. The van der Waals surface area contributed by atoms with E-state index < -0.39 is 0 Å². The van der Waals surface area contributed by atoms with Gasteiger partial charge in [-0.1, -0.05) is 35.0 Å². The molecule has 0 unspecified atom stereocenters. The highest BCUT2D eigenvalue weighted by Gasteiger charge is 2.03. The van der Waals surface area contributed by atoms with Crippen molar-refractivity contribution in [2.75, 3.05) is 11.1 Å². The van der Waals surface area contributed by atoms with E-state index in [4.69, 9.17) is 5.73 Å². The minimum absolute atomic E-state index is 0.481. The van der Waals surface area contributed by atoms with Crippen molar-refractivity contribution in [3.8, 4) is 0 Å². The predicted octanol–water partition coefficient (Wildman–Crippen LogP) is 4.28. The number of hydrogen-bond donors (Lipinski definition) is 2. The number of hydrogen-bond acceptors (Lipinski definition) is 4. The summed E-state index contributed by atoms with van der Waals surface area (Å²) < 4.78 is 1.08. The third-order valence-electron chi connectivity index (χ3n) is 3.18. The van der Waals surface area contributed by atoms with Crippen molar-refractivity contribution in [1.29, 1.82) is 0 Å². The number of aryl methyl sites for hydroxylation is 1. The predicted molar refractivity (Wildman–Crippen MR) is 90.8 cm³/mol. The van der Waals surface area contributed by atoms with Crippen molar-refractivity contribution in [2.45, 2.75) is 13.3 Å². The molecule has 0 radical (unpaired) electrons. The van der Waals surface area contributed by atoms with Gasteiger partial charge in [0.25, 0.3) is 0 Å². The quantitative estimate of drug-likeness (QED) is 0.745. The molecular weight excluding hydrogens is 328 g/mol. The van der Waals surface area contributed by atoms with E-state index in [0.29, 0.717) is 5.82 Å². The van der Waals surface area contributed by atoms with Crippen LogP contribution in [0.4, 0.5) is 17.3 Å². The molecule has 1 heterocycles. The summed E-state index contributed by atoms with van der Waals surface area (Å²) in [6.45, 7) is 2.01. The first-order valence-electron chi connectivity index (χ1n) is 6.74. The Hall–Kier alpha value is -2.14. The van der Waals surface area contributed by atoms with Gasteiger partial charge in [0.15, 0.2) is 0 Å². The number of aromatic nitrogens is 2. The van der Waals surface area contributed by atoms with E-state index in [1.807, 2.05) is 19.1 Å². The third-order valence-corrected chi connectivity index (χ3v) is 3.68. The number of fused-ring (bicyclic) bond motifs is 1. The largest absolute Gasteiger partial charge is 0.384 e. The van der Waals surface area contributed by atoms with Crippen LogP contribution in [-0.2, 0) is 6.42 Å². The number of nitrogens with zero attached hydrogens (tertiary/aromatic N) is 2. The number of anilines is 3. The molecule has 2 aromatic carbocycles. The normalized spacial score (nSPS) is 10.8. The van der Waals surface area contributed by atoms with Crippen LogP contribution in [0.5, 0.6) is 0 Å². The van der Waals surface area contributed by atoms with E-state index in [0.717, 1.165) is 28.2 Å². The van der Waals surface area contributed by atoms with Crippen molar-refractivity contribution in [2.24, 2.45) is 0 Å². The molecular formula is C16H15BrN4. The molecule has 1 aromatic heterocycles. The Labute approximate surface area is 131 Å². The van der Waals surface area contributed by atoms with E-state index in [9.17, 15) is 0 Å². The van der Waals surface area contributed by atoms with E-state index in [1.54, 1.807) is 6.07 Å². The zero-order chi connectivity index (χ0) is 14.8. The molecule has 3 rings (SSSR count). The van der Waals surface area contributed by atoms with E-state index >= 15 is 0 Å². The van der Waals surface area contributed by atoms with Gasteiger partial charge in [-0.3, -0.25) is 0 Å². The topological polar surface area (TPSA) is 63.8 Å². The summed E-state index contributed by atoms with van der Waals surface area (Å²) in [5.41, 5.74) is 6.78. The summed E-state index contributed by atoms with van der Waals surface area (Å²) in [7, 11) is 0. The molecule has 0 aliphatic heterocycles. The van der Waals surface area contributed by atoms with Crippen molar-refractivity contribution in [1.82, 2.24) is 9.97 Å². The number of benzene rings is 2. The van der Waals surface area contributed by atoms with Crippen molar-refractivity contribution < 1.29 is 0 Å². The maximum absolute atomic E-state index is 5.80. The molecule has 0 saturated heterocycles. The molecule has 0 bridgehead atoms. The summed E-state index contributed by atoms with van der Waals surface area (Å²) in [5.74, 6) is 1.94. The van der Waals surface area contributed by atoms with Gasteiger partial charge >= 0.3 is 0 Å². The standard InChI is InChI=1S/C16H15BrN4/c1-2-15-20-14(18)9-16(21-15)19-13-6-4-10-7-12(17)5-3-11(10)8-13/h3-9H,2H2,1H3,(H3,18,19,20,21). The zero-order valence-electron chi connectivity index (χ0n) is 11.6. The smallest absolute Gasteiger partial charge is 0.136 e. The highest BCUT2D eigenvalue weighted by atomic mass is 79.9. The molecule has 0 spiro atoms. The molecule has 0 saturated carbocycles. The zero-order valence-corrected chi connectivity index (χ0v) is 13.2. The minimum Gasteiger partial charge on any atom is -0.384 e. The van der Waals surface area contributed by atoms with Crippen molar-refractivity contribution in [3.63, 3.8) is 0 Å². The van der Waals surface area contributed by atoms with Crippen LogP contribution in [0, 0.1) is 0 Å². The first-order valence-corrected chi connectivity index (χ1v) is 7.53. The number of nitrogens with two attached hydrogens (primary N) is 1. The molecule has 0 atom stereocenters. The Bertz CT molecular complexity index is 801. The van der Waals surface area contributed by atoms with Crippen LogP contribution in [0.15, 0.2) is 46.9 Å². The van der Waals surface area contributed by atoms with Crippen molar-refractivity contribution >= 4 is 44.0 Å². The molecule has 3 aromatic rings. The summed E-state index contributed by atoms with van der Waals surface area (Å²) in [6, 6.07) is 14.1. The second kappa shape index (κ2) is 5.69. The SMILES string of the molecule is CCc1nc(N)cc(Nc2ccc3cc(Br)ccc3c2)n1. The molecule has 106 valence electrons. The third kappa shape index (κ3) is 3.13. The van der Waals surface area contributed by atoms with Crippen LogP contribution in [0.3, 0.4) is 0 Å². The number of rotatable bonds is 3.